The van der Waals surface area contributed by atoms with Crippen LogP contribution < -0.4 is 5.73 Å². The van der Waals surface area contributed by atoms with Crippen LogP contribution in [0.5, 0.6) is 0 Å². The second-order valence-electron chi connectivity index (χ2n) is 4.98. The Kier molecular flexibility index (Phi) is 8.07. The summed E-state index contributed by atoms with van der Waals surface area (Å²) in [7, 11) is 0. The smallest absolute Gasteiger partial charge is 0.0779 e. The summed E-state index contributed by atoms with van der Waals surface area (Å²) in [4.78, 5) is 0. The van der Waals surface area contributed by atoms with Gasteiger partial charge in [-0.3, -0.25) is 0 Å². The van der Waals surface area contributed by atoms with E-state index in [1.165, 1.54) is 32.1 Å². The summed E-state index contributed by atoms with van der Waals surface area (Å²) in [6.07, 6.45) is 7.91. The van der Waals surface area contributed by atoms with E-state index >= 15 is 0 Å². The maximum Gasteiger partial charge on any atom is 0.0779 e. The summed E-state index contributed by atoms with van der Waals surface area (Å²) >= 11 is 0. The quantitative estimate of drug-likeness (QED) is 0.598. The Balaban J connectivity index is 3.68. The van der Waals surface area contributed by atoms with Gasteiger partial charge in [0.05, 0.1) is 11.7 Å². The highest BCUT2D eigenvalue weighted by molar-refractivity contribution is 4.77. The number of ether oxygens (including phenoxy) is 1. The summed E-state index contributed by atoms with van der Waals surface area (Å²) in [5.41, 5.74) is 5.66. The molecule has 2 N–H and O–H groups in total. The third-order valence-corrected chi connectivity index (χ3v) is 2.76. The number of rotatable bonds is 9. The number of unbranched alkanes of at least 4 members (excludes halogenated alkanes) is 4. The summed E-state index contributed by atoms with van der Waals surface area (Å²) < 4.78 is 5.87. The third-order valence-electron chi connectivity index (χ3n) is 2.76. The van der Waals surface area contributed by atoms with E-state index in [1.54, 1.807) is 0 Å². The van der Waals surface area contributed by atoms with Crippen molar-refractivity contribution in [1.82, 2.24) is 0 Å². The summed E-state index contributed by atoms with van der Waals surface area (Å²) in [6, 6.07) is 0. The fourth-order valence-corrected chi connectivity index (χ4v) is 1.88. The SMILES string of the molecule is CCCCCCCC(C)(CN)OC(C)C. The molecule has 2 nitrogen and oxygen atoms in total. The van der Waals surface area contributed by atoms with Gasteiger partial charge in [-0.1, -0.05) is 39.0 Å². The zero-order valence-corrected chi connectivity index (χ0v) is 11.0. The van der Waals surface area contributed by atoms with Crippen molar-refractivity contribution in [2.24, 2.45) is 5.73 Å². The first-order valence-electron chi connectivity index (χ1n) is 6.42. The lowest BCUT2D eigenvalue weighted by molar-refractivity contribution is -0.0677. The van der Waals surface area contributed by atoms with Gasteiger partial charge in [0.25, 0.3) is 0 Å². The number of nitrogens with two attached hydrogens (primary N) is 1. The first kappa shape index (κ1) is 14.9. The Hall–Kier alpha value is -0.0800. The largest absolute Gasteiger partial charge is 0.371 e. The Bertz CT molecular complexity index is 147. The molecule has 0 aromatic rings. The van der Waals surface area contributed by atoms with E-state index in [0.29, 0.717) is 6.54 Å². The molecule has 0 heterocycles. The van der Waals surface area contributed by atoms with E-state index in [9.17, 15) is 0 Å². The highest BCUT2D eigenvalue weighted by Gasteiger charge is 2.23. The molecule has 0 rings (SSSR count). The van der Waals surface area contributed by atoms with Crippen molar-refractivity contribution in [2.45, 2.75) is 77.9 Å². The summed E-state index contributed by atoms with van der Waals surface area (Å²) in [6.45, 7) is 9.15. The van der Waals surface area contributed by atoms with Gasteiger partial charge in [0.1, 0.15) is 0 Å². The van der Waals surface area contributed by atoms with Gasteiger partial charge in [0.15, 0.2) is 0 Å². The molecule has 2 heteroatoms. The standard InChI is InChI=1S/C13H29NO/c1-5-6-7-8-9-10-13(4,11-14)15-12(2)3/h12H,5-11,14H2,1-4H3. The van der Waals surface area contributed by atoms with Gasteiger partial charge in [0.2, 0.25) is 0 Å². The lowest BCUT2D eigenvalue weighted by atomic mass is 9.97. The minimum absolute atomic E-state index is 0.111. The molecule has 0 saturated carbocycles. The van der Waals surface area contributed by atoms with Crippen molar-refractivity contribution in [1.29, 1.82) is 0 Å². The van der Waals surface area contributed by atoms with Crippen LogP contribution in [0.3, 0.4) is 0 Å². The van der Waals surface area contributed by atoms with Crippen molar-refractivity contribution in [3.63, 3.8) is 0 Å². The molecule has 0 aromatic carbocycles. The molecular formula is C13H29NO. The van der Waals surface area contributed by atoms with E-state index in [0.717, 1.165) is 6.42 Å². The van der Waals surface area contributed by atoms with Crippen LogP contribution in [0.25, 0.3) is 0 Å². The summed E-state index contributed by atoms with van der Waals surface area (Å²) in [5.74, 6) is 0. The Labute approximate surface area is 95.6 Å². The maximum atomic E-state index is 5.87. The first-order chi connectivity index (χ1) is 7.04. The van der Waals surface area contributed by atoms with E-state index in [2.05, 4.69) is 27.7 Å². The molecule has 0 fully saturated rings. The molecule has 1 atom stereocenters. The normalized spacial score (nSPS) is 15.6. The molecule has 0 spiro atoms. The Morgan fingerprint density at radius 3 is 2.20 bits per heavy atom. The third kappa shape index (κ3) is 7.80. The van der Waals surface area contributed by atoms with Gasteiger partial charge in [-0.25, -0.2) is 0 Å². The minimum atomic E-state index is -0.111. The number of hydrogen-bond acceptors (Lipinski definition) is 2. The molecule has 0 amide bonds. The van der Waals surface area contributed by atoms with E-state index < -0.39 is 0 Å². The van der Waals surface area contributed by atoms with Crippen molar-refractivity contribution in [2.75, 3.05) is 6.54 Å². The van der Waals surface area contributed by atoms with E-state index in [4.69, 9.17) is 10.5 Å². The molecule has 0 aliphatic carbocycles. The molecule has 0 aliphatic rings. The molecule has 15 heavy (non-hydrogen) atoms. The minimum Gasteiger partial charge on any atom is -0.371 e. The van der Waals surface area contributed by atoms with E-state index in [-0.39, 0.29) is 11.7 Å². The van der Waals surface area contributed by atoms with Crippen LogP contribution >= 0.6 is 0 Å². The fraction of sp³-hybridized carbons (Fsp3) is 1.00. The molecule has 0 bridgehead atoms. The Morgan fingerprint density at radius 2 is 1.73 bits per heavy atom. The van der Waals surface area contributed by atoms with Gasteiger partial charge >= 0.3 is 0 Å². The van der Waals surface area contributed by atoms with Crippen LogP contribution in [0.15, 0.2) is 0 Å². The molecule has 0 aliphatic heterocycles. The van der Waals surface area contributed by atoms with E-state index in [1.807, 2.05) is 0 Å². The molecule has 1 unspecified atom stereocenters. The van der Waals surface area contributed by atoms with Gasteiger partial charge in [-0.05, 0) is 27.2 Å². The summed E-state index contributed by atoms with van der Waals surface area (Å²) in [5, 5.41) is 0. The second-order valence-corrected chi connectivity index (χ2v) is 4.98. The zero-order chi connectivity index (χ0) is 11.7. The monoisotopic (exact) mass is 215 g/mol. The van der Waals surface area contributed by atoms with Gasteiger partial charge in [0, 0.05) is 6.54 Å². The lowest BCUT2D eigenvalue weighted by Gasteiger charge is -2.30. The second kappa shape index (κ2) is 8.12. The maximum absolute atomic E-state index is 5.87. The number of hydrogen-bond donors (Lipinski definition) is 1. The van der Waals surface area contributed by atoms with Gasteiger partial charge < -0.3 is 10.5 Å². The van der Waals surface area contributed by atoms with Crippen LogP contribution in [-0.4, -0.2) is 18.2 Å². The average molecular weight is 215 g/mol. The molecule has 0 aromatic heterocycles. The molecule has 92 valence electrons. The van der Waals surface area contributed by atoms with Crippen molar-refractivity contribution in [3.05, 3.63) is 0 Å². The predicted octanol–water partition coefficient (Wildman–Crippen LogP) is 3.49. The van der Waals surface area contributed by atoms with Crippen molar-refractivity contribution in [3.8, 4) is 0 Å². The van der Waals surface area contributed by atoms with Crippen molar-refractivity contribution >= 4 is 0 Å². The van der Waals surface area contributed by atoms with Crippen LogP contribution in [0, 0.1) is 0 Å². The van der Waals surface area contributed by atoms with Crippen LogP contribution in [0.2, 0.25) is 0 Å². The molecule has 0 saturated heterocycles. The first-order valence-corrected chi connectivity index (χ1v) is 6.42. The zero-order valence-electron chi connectivity index (χ0n) is 11.0. The van der Waals surface area contributed by atoms with Gasteiger partial charge in [-0.15, -0.1) is 0 Å². The molecule has 0 radical (unpaired) electrons. The van der Waals surface area contributed by atoms with Crippen LogP contribution in [0.4, 0.5) is 0 Å². The predicted molar refractivity (Wildman–Crippen MR) is 67.1 cm³/mol. The van der Waals surface area contributed by atoms with Crippen LogP contribution in [-0.2, 0) is 4.74 Å². The average Bonchev–Trinajstić information content (AvgIpc) is 2.16. The fourth-order valence-electron chi connectivity index (χ4n) is 1.88. The molecular weight excluding hydrogens is 186 g/mol. The highest BCUT2D eigenvalue weighted by atomic mass is 16.5. The van der Waals surface area contributed by atoms with Gasteiger partial charge in [-0.2, -0.15) is 0 Å². The van der Waals surface area contributed by atoms with Crippen LogP contribution in [0.1, 0.15) is 66.2 Å². The van der Waals surface area contributed by atoms with Crippen molar-refractivity contribution < 1.29 is 4.74 Å². The lowest BCUT2D eigenvalue weighted by Crippen LogP contribution is -2.39. The topological polar surface area (TPSA) is 35.2 Å². The Morgan fingerprint density at radius 1 is 1.13 bits per heavy atom. The highest BCUT2D eigenvalue weighted by Crippen LogP contribution is 2.20.